The molecule has 0 saturated heterocycles. The molecule has 3 aromatic rings. The quantitative estimate of drug-likeness (QED) is 0.231. The molecule has 9 rings (SSSR count). The van der Waals surface area contributed by atoms with E-state index in [1.54, 1.807) is 0 Å². The smallest absolute Gasteiger partial charge is 0.0743 e. The molecule has 0 heterocycles. The molecule has 0 aliphatic heterocycles. The summed E-state index contributed by atoms with van der Waals surface area (Å²) in [5, 5.41) is 36.3. The standard InChI is InChI=1S/3C16H20Cl2O/c2*17-13-6-5-12(11-14(13)18)15(7-1-2-8-15)16(19)9-3-4-10-16;17-13-7-6-11(10-14(13)18)16(8-1-2-9-16)12-4-3-5-15(12)19/h2*5-6,11,19H,1-4,7-10H2;6-7,10,12,15,19H,1-5,8-9H2/t;;12?,15-/m..1/s1. The van der Waals surface area contributed by atoms with Crippen molar-refractivity contribution >= 4 is 69.6 Å². The molecule has 6 saturated carbocycles. The van der Waals surface area contributed by atoms with Gasteiger partial charge in [0.1, 0.15) is 0 Å². The van der Waals surface area contributed by atoms with Crippen molar-refractivity contribution in [1.29, 1.82) is 0 Å². The summed E-state index contributed by atoms with van der Waals surface area (Å²) in [6, 6.07) is 17.9. The average molecular weight is 898 g/mol. The van der Waals surface area contributed by atoms with Gasteiger partial charge in [-0.05, 0) is 136 Å². The Morgan fingerprint density at radius 2 is 0.719 bits per heavy atom. The second kappa shape index (κ2) is 18.3. The highest BCUT2D eigenvalue weighted by molar-refractivity contribution is 6.43. The van der Waals surface area contributed by atoms with Crippen molar-refractivity contribution in [3.63, 3.8) is 0 Å². The number of hydrogen-bond acceptors (Lipinski definition) is 3. The third kappa shape index (κ3) is 8.57. The normalized spacial score (nSPS) is 26.5. The van der Waals surface area contributed by atoms with E-state index in [9.17, 15) is 15.3 Å². The largest absolute Gasteiger partial charge is 0.393 e. The van der Waals surface area contributed by atoms with Crippen LogP contribution in [0.5, 0.6) is 0 Å². The lowest BCUT2D eigenvalue weighted by Gasteiger charge is -2.44. The minimum Gasteiger partial charge on any atom is -0.393 e. The predicted octanol–water partition coefficient (Wildman–Crippen LogP) is 15.2. The summed E-state index contributed by atoms with van der Waals surface area (Å²) in [7, 11) is 0. The molecule has 3 N–H and O–H groups in total. The Labute approximate surface area is 371 Å². The van der Waals surface area contributed by atoms with Gasteiger partial charge in [0.25, 0.3) is 0 Å². The van der Waals surface area contributed by atoms with E-state index in [2.05, 4.69) is 18.2 Å². The maximum atomic E-state index is 11.2. The highest BCUT2D eigenvalue weighted by atomic mass is 35.5. The van der Waals surface area contributed by atoms with Gasteiger partial charge in [0.05, 0.1) is 47.4 Å². The van der Waals surface area contributed by atoms with Crippen LogP contribution in [0, 0.1) is 5.92 Å². The molecular formula is C48H60Cl6O3. The van der Waals surface area contributed by atoms with Crippen LogP contribution in [0.25, 0.3) is 0 Å². The van der Waals surface area contributed by atoms with Gasteiger partial charge in [-0.2, -0.15) is 0 Å². The Morgan fingerprint density at radius 1 is 0.386 bits per heavy atom. The van der Waals surface area contributed by atoms with Gasteiger partial charge in [-0.3, -0.25) is 0 Å². The van der Waals surface area contributed by atoms with Gasteiger partial charge in [-0.1, -0.05) is 158 Å². The monoisotopic (exact) mass is 894 g/mol. The van der Waals surface area contributed by atoms with Gasteiger partial charge in [-0.25, -0.2) is 0 Å². The molecule has 2 atom stereocenters. The summed E-state index contributed by atoms with van der Waals surface area (Å²) in [6.45, 7) is 0. The van der Waals surface area contributed by atoms with Crippen LogP contribution in [-0.4, -0.2) is 32.6 Å². The van der Waals surface area contributed by atoms with Crippen molar-refractivity contribution in [2.24, 2.45) is 5.92 Å². The van der Waals surface area contributed by atoms with Gasteiger partial charge in [0.2, 0.25) is 0 Å². The first-order chi connectivity index (χ1) is 27.3. The van der Waals surface area contributed by atoms with E-state index in [1.807, 2.05) is 36.4 Å². The van der Waals surface area contributed by atoms with Crippen LogP contribution in [-0.2, 0) is 16.2 Å². The number of benzene rings is 3. The first-order valence-corrected chi connectivity index (χ1v) is 24.0. The number of aliphatic hydroxyl groups is 3. The van der Waals surface area contributed by atoms with Crippen LogP contribution in [0.2, 0.25) is 30.1 Å². The third-order valence-electron chi connectivity index (χ3n) is 15.7. The van der Waals surface area contributed by atoms with Crippen molar-refractivity contribution in [2.75, 3.05) is 0 Å². The van der Waals surface area contributed by atoms with Gasteiger partial charge in [-0.15, -0.1) is 0 Å². The summed E-state index contributed by atoms with van der Waals surface area (Å²) in [4.78, 5) is 0. The minimum atomic E-state index is -0.541. The molecule has 3 aromatic carbocycles. The third-order valence-corrected chi connectivity index (χ3v) is 17.9. The summed E-state index contributed by atoms with van der Waals surface area (Å²) in [6.07, 6.45) is 25.3. The average Bonchev–Trinajstić information content (AvgIpc) is 4.05. The summed E-state index contributed by atoms with van der Waals surface area (Å²) >= 11 is 36.7. The second-order valence-electron chi connectivity index (χ2n) is 18.4. The SMILES string of the molecule is OC1(C2(c3ccc(Cl)c(Cl)c3)CCCC2)CCCC1.OC1(C2(c3ccc(Cl)c(Cl)c3)CCCC2)CCCC1.O[C@@H]1CCCC1C1(c2ccc(Cl)c(Cl)c2)CCCC1. The van der Waals surface area contributed by atoms with Crippen molar-refractivity contribution in [1.82, 2.24) is 0 Å². The predicted molar refractivity (Wildman–Crippen MR) is 240 cm³/mol. The number of aliphatic hydroxyl groups excluding tert-OH is 1. The Kier molecular flexibility index (Phi) is 14.3. The molecule has 0 aromatic heterocycles. The maximum absolute atomic E-state index is 11.2. The molecule has 6 fully saturated rings. The van der Waals surface area contributed by atoms with Crippen molar-refractivity contribution in [2.45, 2.75) is 181 Å². The summed E-state index contributed by atoms with van der Waals surface area (Å²) in [5.41, 5.74) is 2.50. The molecule has 0 amide bonds. The van der Waals surface area contributed by atoms with Crippen LogP contribution in [0.1, 0.15) is 164 Å². The van der Waals surface area contributed by atoms with E-state index in [0.717, 1.165) is 96.3 Å². The number of hydrogen-bond donors (Lipinski definition) is 3. The Bertz CT molecular complexity index is 1740. The van der Waals surface area contributed by atoms with E-state index in [1.165, 1.54) is 68.1 Å². The lowest BCUT2D eigenvalue weighted by atomic mass is 9.65. The second-order valence-corrected chi connectivity index (χ2v) is 20.9. The highest BCUT2D eigenvalue weighted by Gasteiger charge is 2.55. The number of rotatable bonds is 6. The van der Waals surface area contributed by atoms with Crippen LogP contribution in [0.4, 0.5) is 0 Å². The summed E-state index contributed by atoms with van der Waals surface area (Å²) < 4.78 is 0. The molecule has 3 nitrogen and oxygen atoms in total. The Hall–Kier alpha value is -0.720. The molecule has 0 spiro atoms. The molecule has 1 unspecified atom stereocenters. The van der Waals surface area contributed by atoms with Crippen molar-refractivity contribution < 1.29 is 15.3 Å². The number of halogens is 6. The molecule has 57 heavy (non-hydrogen) atoms. The molecule has 6 aliphatic rings. The van der Waals surface area contributed by atoms with E-state index < -0.39 is 11.2 Å². The molecule has 0 bridgehead atoms. The van der Waals surface area contributed by atoms with Crippen LogP contribution in [0.3, 0.4) is 0 Å². The van der Waals surface area contributed by atoms with E-state index in [0.29, 0.717) is 36.1 Å². The first-order valence-electron chi connectivity index (χ1n) is 21.8. The van der Waals surface area contributed by atoms with Gasteiger partial charge < -0.3 is 15.3 Å². The van der Waals surface area contributed by atoms with E-state index in [4.69, 9.17) is 69.6 Å². The van der Waals surface area contributed by atoms with Gasteiger partial charge in [0.15, 0.2) is 0 Å². The molecule has 0 radical (unpaired) electrons. The van der Waals surface area contributed by atoms with E-state index >= 15 is 0 Å². The van der Waals surface area contributed by atoms with Crippen molar-refractivity contribution in [3.05, 3.63) is 101 Å². The zero-order valence-electron chi connectivity index (χ0n) is 33.2. The first kappa shape index (κ1) is 44.3. The fourth-order valence-electron chi connectivity index (χ4n) is 12.7. The van der Waals surface area contributed by atoms with E-state index in [-0.39, 0.29) is 22.3 Å². The fourth-order valence-corrected chi connectivity index (χ4v) is 13.6. The zero-order valence-corrected chi connectivity index (χ0v) is 37.8. The molecule has 6 aliphatic carbocycles. The fraction of sp³-hybridized carbons (Fsp3) is 0.625. The lowest BCUT2D eigenvalue weighted by Crippen LogP contribution is -2.48. The zero-order chi connectivity index (χ0) is 40.5. The van der Waals surface area contributed by atoms with Gasteiger partial charge in [0, 0.05) is 16.2 Å². The van der Waals surface area contributed by atoms with Gasteiger partial charge >= 0.3 is 0 Å². The lowest BCUT2D eigenvalue weighted by molar-refractivity contribution is -0.0333. The van der Waals surface area contributed by atoms with Crippen LogP contribution >= 0.6 is 69.6 Å². The Balaban J connectivity index is 0.000000131. The summed E-state index contributed by atoms with van der Waals surface area (Å²) in [5.74, 6) is 0.396. The van der Waals surface area contributed by atoms with Crippen LogP contribution < -0.4 is 0 Å². The molecule has 9 heteroatoms. The Morgan fingerprint density at radius 3 is 1.07 bits per heavy atom. The minimum absolute atomic E-state index is 0.0995. The van der Waals surface area contributed by atoms with Crippen molar-refractivity contribution in [3.8, 4) is 0 Å². The molecular weight excluding hydrogens is 837 g/mol. The maximum Gasteiger partial charge on any atom is 0.0743 e. The molecule has 312 valence electrons. The topological polar surface area (TPSA) is 60.7 Å². The van der Waals surface area contributed by atoms with Crippen LogP contribution in [0.15, 0.2) is 54.6 Å². The highest BCUT2D eigenvalue weighted by Crippen LogP contribution is 2.57.